The summed E-state index contributed by atoms with van der Waals surface area (Å²) in [7, 11) is 0. The molecule has 3 rings (SSSR count). The second-order valence-corrected chi connectivity index (χ2v) is 4.40. The zero-order valence-corrected chi connectivity index (χ0v) is 10.7. The Kier molecular flexibility index (Phi) is 2.48. The van der Waals surface area contributed by atoms with E-state index in [1.807, 2.05) is 30.4 Å². The van der Waals surface area contributed by atoms with Crippen LogP contribution in [0.25, 0.3) is 17.2 Å². The lowest BCUT2D eigenvalue weighted by molar-refractivity contribution is 0.979. The molecule has 0 aliphatic rings. The van der Waals surface area contributed by atoms with E-state index in [9.17, 15) is 0 Å². The van der Waals surface area contributed by atoms with Gasteiger partial charge in [0.2, 0.25) is 0 Å². The fraction of sp³-hybridized carbons (Fsp3) is 0.167. The number of hydrogen-bond acceptors (Lipinski definition) is 4. The molecule has 0 saturated carbocycles. The summed E-state index contributed by atoms with van der Waals surface area (Å²) >= 11 is 5.90. The van der Waals surface area contributed by atoms with Crippen LogP contribution in [0.1, 0.15) is 11.4 Å². The van der Waals surface area contributed by atoms with Crippen LogP contribution in [-0.4, -0.2) is 24.6 Å². The van der Waals surface area contributed by atoms with E-state index in [-0.39, 0.29) is 0 Å². The number of aromatic nitrogens is 5. The van der Waals surface area contributed by atoms with Gasteiger partial charge in [0.05, 0.1) is 0 Å². The van der Waals surface area contributed by atoms with E-state index in [1.54, 1.807) is 12.3 Å². The molecule has 0 unspecified atom stereocenters. The number of rotatable bonds is 1. The Hall–Kier alpha value is -2.01. The van der Waals surface area contributed by atoms with Gasteiger partial charge in [-0.15, -0.1) is 10.2 Å². The predicted molar refractivity (Wildman–Crippen MR) is 68.5 cm³/mol. The van der Waals surface area contributed by atoms with Gasteiger partial charge in [0, 0.05) is 12.3 Å². The number of hydrogen-bond donors (Lipinski definition) is 0. The number of aryl methyl sites for hydroxylation is 2. The van der Waals surface area contributed by atoms with E-state index in [4.69, 9.17) is 11.6 Å². The molecule has 0 radical (unpaired) electrons. The first-order valence-corrected chi connectivity index (χ1v) is 5.85. The molecule has 90 valence electrons. The fourth-order valence-corrected chi connectivity index (χ4v) is 2.15. The summed E-state index contributed by atoms with van der Waals surface area (Å²) in [6, 6.07) is 5.56. The van der Waals surface area contributed by atoms with Crippen molar-refractivity contribution >= 4 is 17.2 Å². The van der Waals surface area contributed by atoms with Crippen LogP contribution in [-0.2, 0) is 0 Å². The maximum absolute atomic E-state index is 5.90. The smallest absolute Gasteiger partial charge is 0.188 e. The Morgan fingerprint density at radius 3 is 2.83 bits per heavy atom. The Balaban J connectivity index is 2.35. The summed E-state index contributed by atoms with van der Waals surface area (Å²) in [5, 5.41) is 8.70. The highest BCUT2D eigenvalue weighted by Gasteiger charge is 2.14. The van der Waals surface area contributed by atoms with Gasteiger partial charge in [0.1, 0.15) is 16.7 Å². The molecule has 3 aromatic heterocycles. The number of nitrogens with zero attached hydrogens (tertiary/aromatic N) is 5. The van der Waals surface area contributed by atoms with Crippen molar-refractivity contribution in [1.82, 2.24) is 24.6 Å². The van der Waals surface area contributed by atoms with Crippen molar-refractivity contribution in [3.63, 3.8) is 0 Å². The van der Waals surface area contributed by atoms with Gasteiger partial charge in [-0.1, -0.05) is 17.7 Å². The maximum Gasteiger partial charge on any atom is 0.188 e. The fourth-order valence-electron chi connectivity index (χ4n) is 1.93. The van der Waals surface area contributed by atoms with Crippen molar-refractivity contribution in [3.05, 3.63) is 40.9 Å². The predicted octanol–water partition coefficient (Wildman–Crippen LogP) is 2.46. The Morgan fingerprint density at radius 1 is 1.22 bits per heavy atom. The summed E-state index contributed by atoms with van der Waals surface area (Å²) in [6.45, 7) is 3.85. The largest absolute Gasteiger partial charge is 0.261 e. The lowest BCUT2D eigenvalue weighted by Gasteiger charge is -2.04. The van der Waals surface area contributed by atoms with Gasteiger partial charge in [0.25, 0.3) is 0 Å². The minimum absolute atomic E-state index is 0.414. The molecule has 0 aliphatic heterocycles. The first-order valence-electron chi connectivity index (χ1n) is 5.47. The first-order chi connectivity index (χ1) is 8.66. The molecule has 6 heteroatoms. The average Bonchev–Trinajstić information content (AvgIpc) is 2.73. The third-order valence-corrected chi connectivity index (χ3v) is 2.94. The zero-order chi connectivity index (χ0) is 12.7. The van der Waals surface area contributed by atoms with Gasteiger partial charge in [-0.25, -0.2) is 4.98 Å². The molecule has 0 N–H and O–H groups in total. The van der Waals surface area contributed by atoms with Crippen LogP contribution in [0.15, 0.2) is 24.4 Å². The topological polar surface area (TPSA) is 56.0 Å². The summed E-state index contributed by atoms with van der Waals surface area (Å²) in [5.41, 5.74) is 2.52. The van der Waals surface area contributed by atoms with E-state index < -0.39 is 0 Å². The van der Waals surface area contributed by atoms with E-state index in [1.165, 1.54) is 0 Å². The SMILES string of the molecule is Cc1cccnc1-c1nnc2cc(Cl)nc(C)n12. The number of halogens is 1. The molecule has 0 saturated heterocycles. The standard InChI is InChI=1S/C12H10ClN5/c1-7-4-3-5-14-11(7)12-17-16-10-6-9(13)15-8(2)18(10)12/h3-6H,1-2H3. The van der Waals surface area contributed by atoms with Crippen LogP contribution < -0.4 is 0 Å². The monoisotopic (exact) mass is 259 g/mol. The van der Waals surface area contributed by atoms with Gasteiger partial charge >= 0.3 is 0 Å². The van der Waals surface area contributed by atoms with Crippen LogP contribution in [0.2, 0.25) is 5.15 Å². The second-order valence-electron chi connectivity index (χ2n) is 4.01. The van der Waals surface area contributed by atoms with Crippen molar-refractivity contribution in [2.45, 2.75) is 13.8 Å². The van der Waals surface area contributed by atoms with Gasteiger partial charge in [-0.05, 0) is 25.5 Å². The van der Waals surface area contributed by atoms with E-state index in [0.717, 1.165) is 17.1 Å². The minimum atomic E-state index is 0.414. The summed E-state index contributed by atoms with van der Waals surface area (Å²) in [6.07, 6.45) is 1.74. The highest BCUT2D eigenvalue weighted by atomic mass is 35.5. The number of pyridine rings is 1. The third kappa shape index (κ3) is 1.64. The molecule has 0 amide bonds. The Bertz CT molecular complexity index is 734. The highest BCUT2D eigenvalue weighted by Crippen LogP contribution is 2.21. The van der Waals surface area contributed by atoms with Crippen LogP contribution >= 0.6 is 11.6 Å². The molecular formula is C12H10ClN5. The molecule has 0 bridgehead atoms. The molecule has 0 atom stereocenters. The van der Waals surface area contributed by atoms with Gasteiger partial charge in [0.15, 0.2) is 11.5 Å². The lowest BCUT2D eigenvalue weighted by atomic mass is 10.2. The van der Waals surface area contributed by atoms with Gasteiger partial charge in [-0.2, -0.15) is 0 Å². The van der Waals surface area contributed by atoms with Crippen molar-refractivity contribution in [2.24, 2.45) is 0 Å². The maximum atomic E-state index is 5.90. The zero-order valence-electron chi connectivity index (χ0n) is 9.92. The summed E-state index contributed by atoms with van der Waals surface area (Å²) in [4.78, 5) is 8.56. The molecule has 18 heavy (non-hydrogen) atoms. The first kappa shape index (κ1) is 11.1. The second kappa shape index (κ2) is 4.03. The van der Waals surface area contributed by atoms with Crippen LogP contribution in [0.3, 0.4) is 0 Å². The quantitative estimate of drug-likeness (QED) is 0.630. The van der Waals surface area contributed by atoms with E-state index in [2.05, 4.69) is 20.2 Å². The molecule has 0 aliphatic carbocycles. The highest BCUT2D eigenvalue weighted by molar-refractivity contribution is 6.29. The van der Waals surface area contributed by atoms with Crippen molar-refractivity contribution in [2.75, 3.05) is 0 Å². The van der Waals surface area contributed by atoms with Crippen LogP contribution in [0, 0.1) is 13.8 Å². The molecular weight excluding hydrogens is 250 g/mol. The molecule has 0 aromatic carbocycles. The molecule has 3 heterocycles. The normalized spacial score (nSPS) is 11.1. The van der Waals surface area contributed by atoms with Crippen molar-refractivity contribution < 1.29 is 0 Å². The molecule has 5 nitrogen and oxygen atoms in total. The van der Waals surface area contributed by atoms with E-state index >= 15 is 0 Å². The third-order valence-electron chi connectivity index (χ3n) is 2.75. The van der Waals surface area contributed by atoms with Crippen LogP contribution in [0.4, 0.5) is 0 Å². The minimum Gasteiger partial charge on any atom is -0.261 e. The summed E-state index contributed by atoms with van der Waals surface area (Å²) < 4.78 is 1.85. The molecule has 3 aromatic rings. The lowest BCUT2D eigenvalue weighted by Crippen LogP contribution is -2.00. The average molecular weight is 260 g/mol. The Morgan fingerprint density at radius 2 is 2.06 bits per heavy atom. The van der Waals surface area contributed by atoms with Crippen molar-refractivity contribution in [3.8, 4) is 11.5 Å². The van der Waals surface area contributed by atoms with Gasteiger partial charge in [-0.3, -0.25) is 9.38 Å². The summed E-state index contributed by atoms with van der Waals surface area (Å²) in [5.74, 6) is 1.42. The Labute approximate surface area is 108 Å². The molecule has 0 fully saturated rings. The number of fused-ring (bicyclic) bond motifs is 1. The van der Waals surface area contributed by atoms with Crippen molar-refractivity contribution in [1.29, 1.82) is 0 Å². The van der Waals surface area contributed by atoms with Crippen LogP contribution in [0.5, 0.6) is 0 Å². The molecule has 0 spiro atoms. The van der Waals surface area contributed by atoms with Gasteiger partial charge < -0.3 is 0 Å². The van der Waals surface area contributed by atoms with E-state index in [0.29, 0.717) is 16.6 Å².